The fraction of sp³-hybridized carbons (Fsp3) is 0.333. The van der Waals surface area contributed by atoms with Crippen molar-refractivity contribution < 1.29 is 24.2 Å². The van der Waals surface area contributed by atoms with Gasteiger partial charge in [-0.25, -0.2) is 0 Å². The summed E-state index contributed by atoms with van der Waals surface area (Å²) in [6.07, 6.45) is 0.0681. The van der Waals surface area contributed by atoms with E-state index in [1.54, 1.807) is 24.3 Å². The molecule has 0 radical (unpaired) electrons. The smallest absolute Gasteiger partial charge is 0.304 e. The van der Waals surface area contributed by atoms with Gasteiger partial charge in [-0.1, -0.05) is 12.1 Å². The summed E-state index contributed by atoms with van der Waals surface area (Å²) in [6.45, 7) is 4.09. The third-order valence-corrected chi connectivity index (χ3v) is 4.54. The topological polar surface area (TPSA) is 76.1 Å². The summed E-state index contributed by atoms with van der Waals surface area (Å²) in [4.78, 5) is 24.2. The molecule has 1 fully saturated rings. The maximum atomic E-state index is 11.3. The van der Waals surface area contributed by atoms with Gasteiger partial charge in [0.25, 0.3) is 0 Å². The maximum Gasteiger partial charge on any atom is 0.304 e. The Kier molecular flexibility index (Phi) is 7.99. The summed E-state index contributed by atoms with van der Waals surface area (Å²) in [7, 11) is 0. The van der Waals surface area contributed by atoms with Gasteiger partial charge in [0, 0.05) is 25.2 Å². The number of nitrogens with zero attached hydrogens (tertiary/aromatic N) is 1. The minimum atomic E-state index is -0.782. The third kappa shape index (κ3) is 6.05. The zero-order chi connectivity index (χ0) is 19.2. The quantitative estimate of drug-likeness (QED) is 0.703. The van der Waals surface area contributed by atoms with E-state index < -0.39 is 5.97 Å². The van der Waals surface area contributed by atoms with Gasteiger partial charge in [-0.3, -0.25) is 14.5 Å². The largest absolute Gasteiger partial charge is 0.481 e. The fourth-order valence-corrected chi connectivity index (χ4v) is 3.01. The van der Waals surface area contributed by atoms with E-state index in [-0.39, 0.29) is 30.7 Å². The lowest BCUT2D eigenvalue weighted by atomic mass is 10.1. The Labute approximate surface area is 170 Å². The van der Waals surface area contributed by atoms with E-state index in [1.165, 1.54) is 6.92 Å². The molecule has 28 heavy (non-hydrogen) atoms. The molecular weight excluding hydrogens is 382 g/mol. The van der Waals surface area contributed by atoms with Gasteiger partial charge in [0.05, 0.1) is 19.1 Å². The summed E-state index contributed by atoms with van der Waals surface area (Å²) in [6, 6.07) is 14.7. The van der Waals surface area contributed by atoms with Crippen molar-refractivity contribution in [1.29, 1.82) is 0 Å². The second-order valence-corrected chi connectivity index (χ2v) is 6.56. The Morgan fingerprint density at radius 2 is 1.71 bits per heavy atom. The molecule has 0 spiro atoms. The van der Waals surface area contributed by atoms with Crippen LogP contribution in [-0.2, 0) is 9.53 Å². The molecule has 7 heteroatoms. The lowest BCUT2D eigenvalue weighted by Gasteiger charge is -2.32. The molecule has 2 aromatic rings. The Morgan fingerprint density at radius 3 is 2.29 bits per heavy atom. The van der Waals surface area contributed by atoms with Crippen LogP contribution in [-0.4, -0.2) is 48.0 Å². The van der Waals surface area contributed by atoms with E-state index in [1.807, 2.05) is 24.3 Å². The van der Waals surface area contributed by atoms with Gasteiger partial charge >= 0.3 is 5.97 Å². The molecule has 2 aromatic carbocycles. The molecule has 1 N–H and O–H groups in total. The first-order chi connectivity index (χ1) is 13.0. The van der Waals surface area contributed by atoms with Crippen molar-refractivity contribution in [3.63, 3.8) is 0 Å². The molecule has 1 aliphatic heterocycles. The highest BCUT2D eigenvalue weighted by molar-refractivity contribution is 5.94. The molecule has 1 atom stereocenters. The maximum absolute atomic E-state index is 11.3. The van der Waals surface area contributed by atoms with Gasteiger partial charge in [-0.15, -0.1) is 12.4 Å². The average Bonchev–Trinajstić information content (AvgIpc) is 2.67. The van der Waals surface area contributed by atoms with Crippen molar-refractivity contribution in [3.8, 4) is 11.5 Å². The Morgan fingerprint density at radius 1 is 1.11 bits per heavy atom. The summed E-state index contributed by atoms with van der Waals surface area (Å²) in [5, 5.41) is 8.83. The minimum absolute atomic E-state index is 0. The average molecular weight is 406 g/mol. The molecule has 1 aliphatic rings. The summed E-state index contributed by atoms with van der Waals surface area (Å²) >= 11 is 0. The predicted molar refractivity (Wildman–Crippen MR) is 108 cm³/mol. The van der Waals surface area contributed by atoms with Gasteiger partial charge in [0.1, 0.15) is 11.5 Å². The summed E-state index contributed by atoms with van der Waals surface area (Å²) in [5.74, 6) is 0.612. The number of Topliss-reactive ketones (excluding diaryl/α,β-unsaturated/α-hetero) is 1. The molecule has 1 heterocycles. The van der Waals surface area contributed by atoms with Crippen LogP contribution in [0.3, 0.4) is 0 Å². The van der Waals surface area contributed by atoms with E-state index in [2.05, 4.69) is 4.90 Å². The monoisotopic (exact) mass is 405 g/mol. The number of carbonyl (C=O) groups is 2. The normalized spacial score (nSPS) is 16.8. The molecule has 0 saturated carbocycles. The molecule has 1 saturated heterocycles. The fourth-order valence-electron chi connectivity index (χ4n) is 3.01. The Bertz CT molecular complexity index is 791. The third-order valence-electron chi connectivity index (χ3n) is 4.54. The molecule has 0 aliphatic carbocycles. The number of carboxylic acid groups (broad SMARTS) is 1. The lowest BCUT2D eigenvalue weighted by molar-refractivity contribution is -0.137. The number of hydrogen-bond donors (Lipinski definition) is 1. The molecule has 0 bridgehead atoms. The summed E-state index contributed by atoms with van der Waals surface area (Å²) < 4.78 is 11.6. The SMILES string of the molecule is CC(=O)c1ccc(Oc2ccc(C3CN(CCC(=O)O)CCO3)cc2)cc1.Cl. The summed E-state index contributed by atoms with van der Waals surface area (Å²) in [5.41, 5.74) is 1.69. The van der Waals surface area contributed by atoms with Crippen LogP contribution in [0, 0.1) is 0 Å². The van der Waals surface area contributed by atoms with Gasteiger partial charge in [0.15, 0.2) is 5.78 Å². The molecule has 150 valence electrons. The van der Waals surface area contributed by atoms with Gasteiger partial charge < -0.3 is 14.6 Å². The number of morpholine rings is 1. The predicted octanol–water partition coefficient (Wildman–Crippen LogP) is 3.95. The number of ketones is 1. The van der Waals surface area contributed by atoms with Crippen LogP contribution in [0.25, 0.3) is 0 Å². The van der Waals surface area contributed by atoms with Crippen molar-refractivity contribution >= 4 is 24.2 Å². The first-order valence-corrected chi connectivity index (χ1v) is 8.96. The number of halogens is 1. The molecule has 6 nitrogen and oxygen atoms in total. The highest BCUT2D eigenvalue weighted by atomic mass is 35.5. The molecular formula is C21H24ClNO5. The lowest BCUT2D eigenvalue weighted by Crippen LogP contribution is -2.39. The van der Waals surface area contributed by atoms with Crippen molar-refractivity contribution in [3.05, 3.63) is 59.7 Å². The second kappa shape index (κ2) is 10.2. The Hall–Kier alpha value is -2.41. The molecule has 0 aromatic heterocycles. The van der Waals surface area contributed by atoms with Gasteiger partial charge in [0.2, 0.25) is 0 Å². The van der Waals surface area contributed by atoms with Crippen LogP contribution in [0.1, 0.15) is 35.4 Å². The van der Waals surface area contributed by atoms with E-state index in [0.717, 1.165) is 12.1 Å². The molecule has 3 rings (SSSR count). The van der Waals surface area contributed by atoms with Crippen molar-refractivity contribution in [2.75, 3.05) is 26.2 Å². The van der Waals surface area contributed by atoms with Crippen molar-refractivity contribution in [1.82, 2.24) is 4.90 Å². The highest BCUT2D eigenvalue weighted by Gasteiger charge is 2.22. The van der Waals surface area contributed by atoms with E-state index in [4.69, 9.17) is 14.6 Å². The number of ether oxygens (including phenoxy) is 2. The van der Waals surface area contributed by atoms with Gasteiger partial charge in [-0.2, -0.15) is 0 Å². The number of benzene rings is 2. The van der Waals surface area contributed by atoms with Crippen LogP contribution < -0.4 is 4.74 Å². The highest BCUT2D eigenvalue weighted by Crippen LogP contribution is 2.27. The Balaban J connectivity index is 0.00000280. The van der Waals surface area contributed by atoms with Gasteiger partial charge in [-0.05, 0) is 48.9 Å². The number of aliphatic carboxylic acids is 1. The first kappa shape index (κ1) is 21.9. The number of carbonyl (C=O) groups excluding carboxylic acids is 1. The van der Waals surface area contributed by atoms with E-state index >= 15 is 0 Å². The van der Waals surface area contributed by atoms with Crippen molar-refractivity contribution in [2.24, 2.45) is 0 Å². The van der Waals surface area contributed by atoms with Crippen LogP contribution >= 0.6 is 12.4 Å². The van der Waals surface area contributed by atoms with Crippen LogP contribution in [0.2, 0.25) is 0 Å². The number of carboxylic acids is 1. The van der Waals surface area contributed by atoms with Crippen LogP contribution in [0.4, 0.5) is 0 Å². The van der Waals surface area contributed by atoms with E-state index in [9.17, 15) is 9.59 Å². The van der Waals surface area contributed by atoms with Crippen molar-refractivity contribution in [2.45, 2.75) is 19.4 Å². The standard InChI is InChI=1S/C21H23NO5.ClH/c1-15(23)16-2-6-18(7-3-16)27-19-8-4-17(5-9-19)20-14-22(12-13-26-20)11-10-21(24)25;/h2-9,20H,10-14H2,1H3,(H,24,25);1H. The van der Waals surface area contributed by atoms with Crippen LogP contribution in [0.15, 0.2) is 48.5 Å². The second-order valence-electron chi connectivity index (χ2n) is 6.56. The zero-order valence-corrected chi connectivity index (χ0v) is 16.5. The number of hydrogen-bond acceptors (Lipinski definition) is 5. The minimum Gasteiger partial charge on any atom is -0.481 e. The zero-order valence-electron chi connectivity index (χ0n) is 15.7. The molecule has 1 unspecified atom stereocenters. The number of rotatable bonds is 7. The molecule has 0 amide bonds. The van der Waals surface area contributed by atoms with E-state index in [0.29, 0.717) is 36.8 Å². The van der Waals surface area contributed by atoms with Crippen LogP contribution in [0.5, 0.6) is 11.5 Å². The first-order valence-electron chi connectivity index (χ1n) is 8.96.